The van der Waals surface area contributed by atoms with Gasteiger partial charge in [0, 0.05) is 18.2 Å². The molecule has 0 saturated carbocycles. The Hall–Kier alpha value is -2.94. The molecule has 3 rings (SSSR count). The Kier molecular flexibility index (Phi) is 4.25. The lowest BCUT2D eigenvalue weighted by atomic mass is 10.0. The lowest BCUT2D eigenvalue weighted by Crippen LogP contribution is -2.18. The summed E-state index contributed by atoms with van der Waals surface area (Å²) in [5.41, 5.74) is 4.38. The number of carbonyl (C=O) groups excluding carboxylic acids is 1. The van der Waals surface area contributed by atoms with Gasteiger partial charge in [-0.1, -0.05) is 66.7 Å². The van der Waals surface area contributed by atoms with Crippen LogP contribution in [0.15, 0.2) is 77.9 Å². The molecule has 108 valence electrons. The van der Waals surface area contributed by atoms with Gasteiger partial charge in [0.1, 0.15) is 0 Å². The summed E-state index contributed by atoms with van der Waals surface area (Å²) in [6.45, 7) is 0. The van der Waals surface area contributed by atoms with Crippen LogP contribution in [0, 0.1) is 0 Å². The van der Waals surface area contributed by atoms with E-state index >= 15 is 0 Å². The summed E-state index contributed by atoms with van der Waals surface area (Å²) in [5, 5.41) is 6.00. The van der Waals surface area contributed by atoms with E-state index in [1.807, 2.05) is 72.8 Å². The van der Waals surface area contributed by atoms with Gasteiger partial charge in [0.05, 0.1) is 0 Å². The van der Waals surface area contributed by atoms with Crippen LogP contribution in [0.5, 0.6) is 0 Å². The molecule has 0 atom stereocenters. The third-order valence-electron chi connectivity index (χ3n) is 3.46. The van der Waals surface area contributed by atoms with E-state index in [9.17, 15) is 4.79 Å². The van der Waals surface area contributed by atoms with Crippen LogP contribution in [0.4, 0.5) is 0 Å². The number of hydrazone groups is 1. The van der Waals surface area contributed by atoms with Crippen molar-refractivity contribution in [2.75, 3.05) is 0 Å². The highest BCUT2D eigenvalue weighted by atomic mass is 16.2. The van der Waals surface area contributed by atoms with Gasteiger partial charge in [-0.15, -0.1) is 0 Å². The van der Waals surface area contributed by atoms with Crippen molar-refractivity contribution >= 4 is 22.9 Å². The minimum Gasteiger partial charge on any atom is -0.267 e. The minimum absolute atomic E-state index is 0.193. The fourth-order valence-electron chi connectivity index (χ4n) is 2.35. The summed E-state index contributed by atoms with van der Waals surface area (Å²) in [5.74, 6) is -0.193. The number of hydrogen-bond donors (Lipinski definition) is 1. The maximum atomic E-state index is 12.2. The lowest BCUT2D eigenvalue weighted by Gasteiger charge is -2.04. The second-order valence-corrected chi connectivity index (χ2v) is 4.97. The number of fused-ring (bicyclic) bond motifs is 1. The van der Waals surface area contributed by atoms with Crippen molar-refractivity contribution in [1.29, 1.82) is 0 Å². The molecule has 3 heteroatoms. The van der Waals surface area contributed by atoms with Gasteiger partial charge in [-0.05, 0) is 22.4 Å². The molecule has 0 unspecified atom stereocenters. The summed E-state index contributed by atoms with van der Waals surface area (Å²) in [6, 6.07) is 23.5. The summed E-state index contributed by atoms with van der Waals surface area (Å²) in [7, 11) is 0. The van der Waals surface area contributed by atoms with Gasteiger partial charge in [-0.2, -0.15) is 5.10 Å². The zero-order chi connectivity index (χ0) is 15.2. The number of nitrogens with zero attached hydrogens (tertiary/aromatic N) is 1. The molecule has 0 radical (unpaired) electrons. The highest BCUT2D eigenvalue weighted by molar-refractivity contribution is 6.07. The van der Waals surface area contributed by atoms with E-state index in [2.05, 4.69) is 10.5 Å². The summed E-state index contributed by atoms with van der Waals surface area (Å²) < 4.78 is 0. The van der Waals surface area contributed by atoms with Crippen LogP contribution in [0.1, 0.15) is 15.9 Å². The van der Waals surface area contributed by atoms with Crippen LogP contribution in [0.3, 0.4) is 0 Å². The molecule has 0 fully saturated rings. The molecule has 1 amide bonds. The molecule has 0 aliphatic rings. The van der Waals surface area contributed by atoms with Gasteiger partial charge in [0.25, 0.3) is 5.91 Å². The standard InChI is InChI=1S/C19H16N2O/c22-19(21-20-14-13-15-7-2-1-3-8-15)18-12-6-10-16-9-4-5-11-17(16)18/h1-12,14H,13H2,(H,21,22)/b20-14+. The minimum atomic E-state index is -0.193. The first-order chi connectivity index (χ1) is 10.8. The van der Waals surface area contributed by atoms with Gasteiger partial charge in [-0.25, -0.2) is 5.43 Å². The van der Waals surface area contributed by atoms with Crippen molar-refractivity contribution < 1.29 is 4.79 Å². The molecule has 0 aliphatic carbocycles. The molecule has 3 aromatic rings. The van der Waals surface area contributed by atoms with Crippen molar-refractivity contribution in [2.45, 2.75) is 6.42 Å². The fourth-order valence-corrected chi connectivity index (χ4v) is 2.35. The summed E-state index contributed by atoms with van der Waals surface area (Å²) >= 11 is 0. The molecule has 0 heterocycles. The van der Waals surface area contributed by atoms with Crippen molar-refractivity contribution in [3.63, 3.8) is 0 Å². The van der Waals surface area contributed by atoms with Crippen molar-refractivity contribution in [2.24, 2.45) is 5.10 Å². The molecule has 0 spiro atoms. The lowest BCUT2D eigenvalue weighted by molar-refractivity contribution is 0.0956. The van der Waals surface area contributed by atoms with Crippen LogP contribution >= 0.6 is 0 Å². The molecule has 22 heavy (non-hydrogen) atoms. The van der Waals surface area contributed by atoms with Gasteiger partial charge in [-0.3, -0.25) is 4.79 Å². The van der Waals surface area contributed by atoms with Crippen LogP contribution in [-0.2, 0) is 6.42 Å². The Morgan fingerprint density at radius 1 is 0.909 bits per heavy atom. The quantitative estimate of drug-likeness (QED) is 0.576. The van der Waals surface area contributed by atoms with Crippen molar-refractivity contribution in [1.82, 2.24) is 5.43 Å². The number of carbonyl (C=O) groups is 1. The molecule has 0 aromatic heterocycles. The van der Waals surface area contributed by atoms with Crippen LogP contribution in [0.2, 0.25) is 0 Å². The monoisotopic (exact) mass is 288 g/mol. The Morgan fingerprint density at radius 2 is 1.64 bits per heavy atom. The fraction of sp³-hybridized carbons (Fsp3) is 0.0526. The molecular weight excluding hydrogens is 272 g/mol. The van der Waals surface area contributed by atoms with E-state index in [1.165, 1.54) is 0 Å². The highest BCUT2D eigenvalue weighted by Crippen LogP contribution is 2.18. The predicted octanol–water partition coefficient (Wildman–Crippen LogP) is 3.80. The van der Waals surface area contributed by atoms with Gasteiger partial charge in [0.2, 0.25) is 0 Å². The summed E-state index contributed by atoms with van der Waals surface area (Å²) in [6.07, 6.45) is 2.40. The van der Waals surface area contributed by atoms with Crippen LogP contribution in [0.25, 0.3) is 10.8 Å². The first-order valence-corrected chi connectivity index (χ1v) is 7.18. The molecule has 0 saturated heterocycles. The molecule has 1 N–H and O–H groups in total. The predicted molar refractivity (Wildman–Crippen MR) is 90.1 cm³/mol. The van der Waals surface area contributed by atoms with Crippen molar-refractivity contribution in [3.8, 4) is 0 Å². The Labute approximate surface area is 129 Å². The third kappa shape index (κ3) is 3.20. The zero-order valence-corrected chi connectivity index (χ0v) is 12.1. The number of hydrogen-bond acceptors (Lipinski definition) is 2. The van der Waals surface area contributed by atoms with Gasteiger partial charge in [0.15, 0.2) is 0 Å². The van der Waals surface area contributed by atoms with Gasteiger partial charge >= 0.3 is 0 Å². The SMILES string of the molecule is O=C(N/N=C/Cc1ccccc1)c1cccc2ccccc12. The van der Waals surface area contributed by atoms with E-state index < -0.39 is 0 Å². The van der Waals surface area contributed by atoms with E-state index in [4.69, 9.17) is 0 Å². The van der Waals surface area contributed by atoms with E-state index in [1.54, 1.807) is 6.21 Å². The number of benzene rings is 3. The molecule has 0 aliphatic heterocycles. The van der Waals surface area contributed by atoms with Crippen LogP contribution in [-0.4, -0.2) is 12.1 Å². The average molecular weight is 288 g/mol. The summed E-state index contributed by atoms with van der Waals surface area (Å²) in [4.78, 5) is 12.2. The molecule has 3 aromatic carbocycles. The number of nitrogens with one attached hydrogen (secondary N) is 1. The first-order valence-electron chi connectivity index (χ1n) is 7.18. The third-order valence-corrected chi connectivity index (χ3v) is 3.46. The Bertz CT molecular complexity index is 805. The maximum absolute atomic E-state index is 12.2. The normalized spacial score (nSPS) is 10.9. The molecular formula is C19H16N2O. The zero-order valence-electron chi connectivity index (χ0n) is 12.1. The number of rotatable bonds is 4. The smallest absolute Gasteiger partial charge is 0.267 e. The van der Waals surface area contributed by atoms with E-state index in [0.29, 0.717) is 12.0 Å². The van der Waals surface area contributed by atoms with Gasteiger partial charge < -0.3 is 0 Å². The largest absolute Gasteiger partial charge is 0.271 e. The molecule has 0 bridgehead atoms. The topological polar surface area (TPSA) is 41.5 Å². The average Bonchev–Trinajstić information content (AvgIpc) is 2.59. The van der Waals surface area contributed by atoms with Crippen LogP contribution < -0.4 is 5.43 Å². The number of amides is 1. The maximum Gasteiger partial charge on any atom is 0.271 e. The van der Waals surface area contributed by atoms with E-state index in [0.717, 1.165) is 16.3 Å². The Balaban J connectivity index is 1.69. The highest BCUT2D eigenvalue weighted by Gasteiger charge is 2.07. The molecule has 3 nitrogen and oxygen atoms in total. The second-order valence-electron chi connectivity index (χ2n) is 4.97. The van der Waals surface area contributed by atoms with E-state index in [-0.39, 0.29) is 5.91 Å². The second kappa shape index (κ2) is 6.68. The first kappa shape index (κ1) is 14.0. The Morgan fingerprint density at radius 3 is 2.50 bits per heavy atom. The van der Waals surface area contributed by atoms with Crippen molar-refractivity contribution in [3.05, 3.63) is 83.9 Å².